The Morgan fingerprint density at radius 3 is 2.89 bits per heavy atom. The zero-order valence-corrected chi connectivity index (χ0v) is 12.2. The number of rotatable bonds is 5. The summed E-state index contributed by atoms with van der Waals surface area (Å²) < 4.78 is 27.9. The van der Waals surface area contributed by atoms with Gasteiger partial charge in [-0.1, -0.05) is 6.92 Å². The van der Waals surface area contributed by atoms with E-state index in [-0.39, 0.29) is 22.5 Å². The molecular weight excluding hydrogens is 286 g/mol. The lowest BCUT2D eigenvalue weighted by Gasteiger charge is -2.13. The monoisotopic (exact) mass is 301 g/mol. The van der Waals surface area contributed by atoms with Crippen molar-refractivity contribution < 1.29 is 8.42 Å². The van der Waals surface area contributed by atoms with Crippen LogP contribution in [-0.4, -0.2) is 28.7 Å². The topological polar surface area (TPSA) is 114 Å². The van der Waals surface area contributed by atoms with Gasteiger partial charge in [-0.05, 0) is 18.5 Å². The van der Waals surface area contributed by atoms with Gasteiger partial charge in [-0.25, -0.2) is 8.42 Å². The molecule has 1 unspecified atom stereocenters. The third-order valence-electron chi connectivity index (χ3n) is 2.73. The number of anilines is 2. The lowest BCUT2D eigenvalue weighted by Crippen LogP contribution is -2.11. The normalized spacial score (nSPS) is 13.4. The van der Waals surface area contributed by atoms with Crippen LogP contribution in [0.1, 0.15) is 25.5 Å². The van der Waals surface area contributed by atoms with E-state index in [1.165, 1.54) is 0 Å². The molecule has 2 aromatic rings. The Morgan fingerprint density at radius 1 is 1.58 bits per heavy atom. The molecular formula is C10H15N5O2S2. The Labute approximate surface area is 115 Å². The highest BCUT2D eigenvalue weighted by molar-refractivity contribution is 7.91. The highest BCUT2D eigenvalue weighted by Crippen LogP contribution is 2.34. The quantitative estimate of drug-likeness (QED) is 0.769. The van der Waals surface area contributed by atoms with Crippen molar-refractivity contribution in [2.24, 2.45) is 0 Å². The summed E-state index contributed by atoms with van der Waals surface area (Å²) in [6, 6.07) is -0.0931. The van der Waals surface area contributed by atoms with Gasteiger partial charge in [-0.15, -0.1) is 0 Å². The van der Waals surface area contributed by atoms with Gasteiger partial charge < -0.3 is 11.1 Å². The van der Waals surface area contributed by atoms with Crippen molar-refractivity contribution in [1.82, 2.24) is 14.6 Å². The molecule has 0 aliphatic rings. The predicted molar refractivity (Wildman–Crippen MR) is 74.9 cm³/mol. The molecule has 0 aliphatic carbocycles. The average molecular weight is 301 g/mol. The van der Waals surface area contributed by atoms with Gasteiger partial charge in [0.2, 0.25) is 0 Å². The summed E-state index contributed by atoms with van der Waals surface area (Å²) in [6.07, 6.45) is 3.42. The van der Waals surface area contributed by atoms with E-state index >= 15 is 0 Å². The molecule has 0 bridgehead atoms. The first-order chi connectivity index (χ1) is 8.95. The van der Waals surface area contributed by atoms with E-state index in [1.54, 1.807) is 19.3 Å². The Hall–Kier alpha value is -1.61. The van der Waals surface area contributed by atoms with Crippen LogP contribution < -0.4 is 11.1 Å². The van der Waals surface area contributed by atoms with Crippen molar-refractivity contribution in [2.75, 3.05) is 16.8 Å². The second-order valence-electron chi connectivity index (χ2n) is 4.03. The van der Waals surface area contributed by atoms with E-state index in [4.69, 9.17) is 5.73 Å². The first kappa shape index (κ1) is 13.8. The van der Waals surface area contributed by atoms with Crippen molar-refractivity contribution in [3.63, 3.8) is 0 Å². The minimum atomic E-state index is -3.39. The number of aromatic nitrogens is 3. The number of nitrogens with zero attached hydrogens (tertiary/aromatic N) is 2. The maximum absolute atomic E-state index is 12.0. The van der Waals surface area contributed by atoms with Gasteiger partial charge in [0.25, 0.3) is 0 Å². The summed E-state index contributed by atoms with van der Waals surface area (Å²) in [4.78, 5) is 0.0929. The molecule has 0 spiro atoms. The number of aromatic amines is 1. The van der Waals surface area contributed by atoms with Gasteiger partial charge >= 0.3 is 0 Å². The number of nitrogen functional groups attached to an aromatic ring is 1. The summed E-state index contributed by atoms with van der Waals surface area (Å²) in [7, 11) is -3.39. The fourth-order valence-corrected chi connectivity index (χ4v) is 3.85. The maximum Gasteiger partial charge on any atom is 0.184 e. The van der Waals surface area contributed by atoms with Crippen LogP contribution >= 0.6 is 11.5 Å². The Kier molecular flexibility index (Phi) is 3.76. The molecule has 0 saturated heterocycles. The molecule has 0 aliphatic heterocycles. The standard InChI is InChI=1S/C10H15N5O2S2/c1-3-19(16,17)8-9(11)15-18-10(8)14-6(2)7-4-12-13-5-7/h4-6,14H,3H2,1-2H3,(H2,11,15)(H,12,13). The molecule has 0 radical (unpaired) electrons. The number of hydrogen-bond donors (Lipinski definition) is 3. The van der Waals surface area contributed by atoms with E-state index in [1.807, 2.05) is 6.92 Å². The molecule has 4 N–H and O–H groups in total. The lowest BCUT2D eigenvalue weighted by molar-refractivity contribution is 0.598. The molecule has 104 valence electrons. The first-order valence-electron chi connectivity index (χ1n) is 5.68. The molecule has 7 nitrogen and oxygen atoms in total. The molecule has 0 saturated carbocycles. The van der Waals surface area contributed by atoms with Gasteiger partial charge in [0, 0.05) is 11.8 Å². The molecule has 0 aromatic carbocycles. The average Bonchev–Trinajstić information content (AvgIpc) is 2.99. The minimum Gasteiger partial charge on any atom is -0.382 e. The van der Waals surface area contributed by atoms with Crippen LogP contribution in [0.25, 0.3) is 0 Å². The summed E-state index contributed by atoms with van der Waals surface area (Å²) in [5, 5.41) is 10.1. The third-order valence-corrected chi connectivity index (χ3v) is 5.45. The molecule has 19 heavy (non-hydrogen) atoms. The summed E-state index contributed by atoms with van der Waals surface area (Å²) >= 11 is 1.05. The number of nitrogens with two attached hydrogens (primary N) is 1. The van der Waals surface area contributed by atoms with Crippen LogP contribution in [0.15, 0.2) is 17.3 Å². The van der Waals surface area contributed by atoms with Crippen molar-refractivity contribution in [3.8, 4) is 0 Å². The SMILES string of the molecule is CCS(=O)(=O)c1c(N)nsc1NC(C)c1cn[nH]c1. The van der Waals surface area contributed by atoms with E-state index in [0.29, 0.717) is 5.00 Å². The van der Waals surface area contributed by atoms with Crippen LogP contribution in [0.4, 0.5) is 10.8 Å². The number of H-pyrrole nitrogens is 1. The zero-order valence-electron chi connectivity index (χ0n) is 10.5. The molecule has 1 atom stereocenters. The van der Waals surface area contributed by atoms with Crippen molar-refractivity contribution in [1.29, 1.82) is 0 Å². The van der Waals surface area contributed by atoms with Crippen LogP contribution in [0.2, 0.25) is 0 Å². The zero-order chi connectivity index (χ0) is 14.0. The van der Waals surface area contributed by atoms with Gasteiger partial charge in [0.1, 0.15) is 9.90 Å². The lowest BCUT2D eigenvalue weighted by atomic mass is 10.2. The smallest absolute Gasteiger partial charge is 0.184 e. The summed E-state index contributed by atoms with van der Waals surface area (Å²) in [5.74, 6) is 0.0402. The Morgan fingerprint density at radius 2 is 2.32 bits per heavy atom. The number of nitrogens with one attached hydrogen (secondary N) is 2. The molecule has 0 amide bonds. The van der Waals surface area contributed by atoms with Crippen LogP contribution in [0, 0.1) is 0 Å². The highest BCUT2D eigenvalue weighted by Gasteiger charge is 2.25. The summed E-state index contributed by atoms with van der Waals surface area (Å²) in [6.45, 7) is 3.48. The third kappa shape index (κ3) is 2.71. The van der Waals surface area contributed by atoms with Crippen LogP contribution in [0.3, 0.4) is 0 Å². The fraction of sp³-hybridized carbons (Fsp3) is 0.400. The number of hydrogen-bond acceptors (Lipinski definition) is 7. The molecule has 0 fully saturated rings. The van der Waals surface area contributed by atoms with Crippen molar-refractivity contribution in [2.45, 2.75) is 24.8 Å². The van der Waals surface area contributed by atoms with Gasteiger partial charge in [0.15, 0.2) is 15.7 Å². The fourth-order valence-electron chi connectivity index (χ4n) is 1.61. The first-order valence-corrected chi connectivity index (χ1v) is 8.11. The van der Waals surface area contributed by atoms with E-state index < -0.39 is 9.84 Å². The molecule has 2 aromatic heterocycles. The van der Waals surface area contributed by atoms with Crippen molar-refractivity contribution >= 4 is 32.2 Å². The van der Waals surface area contributed by atoms with Crippen LogP contribution in [0.5, 0.6) is 0 Å². The molecule has 2 heterocycles. The highest BCUT2D eigenvalue weighted by atomic mass is 32.2. The van der Waals surface area contributed by atoms with Gasteiger partial charge in [-0.3, -0.25) is 5.10 Å². The maximum atomic E-state index is 12.0. The molecule has 9 heteroatoms. The predicted octanol–water partition coefficient (Wildman–Crippen LogP) is 1.42. The van der Waals surface area contributed by atoms with Crippen LogP contribution in [-0.2, 0) is 9.84 Å². The van der Waals surface area contributed by atoms with E-state index in [0.717, 1.165) is 17.1 Å². The number of sulfone groups is 1. The summed E-state index contributed by atoms with van der Waals surface area (Å²) in [5.41, 5.74) is 6.58. The minimum absolute atomic E-state index is 0.00954. The van der Waals surface area contributed by atoms with Crippen molar-refractivity contribution in [3.05, 3.63) is 18.0 Å². The van der Waals surface area contributed by atoms with E-state index in [9.17, 15) is 8.42 Å². The van der Waals surface area contributed by atoms with E-state index in [2.05, 4.69) is 19.9 Å². The van der Waals surface area contributed by atoms with Gasteiger partial charge in [0.05, 0.1) is 18.0 Å². The molecule has 2 rings (SSSR count). The Balaban J connectivity index is 2.32. The van der Waals surface area contributed by atoms with Gasteiger partial charge in [-0.2, -0.15) is 9.47 Å². The second-order valence-corrected chi connectivity index (χ2v) is 7.02. The largest absolute Gasteiger partial charge is 0.382 e. The second kappa shape index (κ2) is 5.17. The Bertz CT molecular complexity index is 648.